The molecule has 1 aromatic rings. The fourth-order valence-corrected chi connectivity index (χ4v) is 4.77. The summed E-state index contributed by atoms with van der Waals surface area (Å²) in [5.74, 6) is 0. The van der Waals surface area contributed by atoms with Gasteiger partial charge in [-0.2, -0.15) is 17.4 Å². The average molecular weight is 389 g/mol. The van der Waals surface area contributed by atoms with Crippen LogP contribution in [0.4, 0.5) is 0 Å². The fraction of sp³-hybridized carbons (Fsp3) is 0.600. The normalized spacial score (nSPS) is 24.7. The zero-order valence-corrected chi connectivity index (χ0v) is 14.8. The number of hydrogen-bond acceptors (Lipinski definition) is 3. The van der Waals surface area contributed by atoms with Crippen LogP contribution in [-0.4, -0.2) is 38.5 Å². The molecule has 1 aliphatic carbocycles. The molecule has 1 atom stereocenters. The van der Waals surface area contributed by atoms with Gasteiger partial charge in [0.25, 0.3) is 10.2 Å². The molecule has 3 rings (SSSR count). The Hall–Kier alpha value is -0.470. The number of rotatable bonds is 4. The average Bonchev–Trinajstić information content (AvgIpc) is 3.00. The molecule has 1 saturated carbocycles. The molecule has 0 radical (unpaired) electrons. The minimum absolute atomic E-state index is 0.0963. The number of halogens is 1. The molecule has 0 bridgehead atoms. The zero-order chi connectivity index (χ0) is 15.6. The van der Waals surface area contributed by atoms with Crippen LogP contribution in [-0.2, 0) is 14.9 Å². The third kappa shape index (κ3) is 3.89. The van der Waals surface area contributed by atoms with Crippen LogP contribution in [0.25, 0.3) is 0 Å². The van der Waals surface area contributed by atoms with E-state index in [0.29, 0.717) is 19.7 Å². The highest BCUT2D eigenvalue weighted by Crippen LogP contribution is 2.26. The lowest BCUT2D eigenvalue weighted by atomic mass is 10.1. The number of nitrogens with one attached hydrogen (secondary N) is 1. The van der Waals surface area contributed by atoms with Gasteiger partial charge in [0.05, 0.1) is 12.7 Å². The molecular weight excluding hydrogens is 368 g/mol. The minimum atomic E-state index is -3.42. The van der Waals surface area contributed by atoms with Crippen LogP contribution in [0.3, 0.4) is 0 Å². The van der Waals surface area contributed by atoms with E-state index in [-0.39, 0.29) is 12.1 Å². The van der Waals surface area contributed by atoms with Crippen molar-refractivity contribution in [2.75, 3.05) is 19.7 Å². The number of ether oxygens (including phenoxy) is 1. The maximum atomic E-state index is 12.5. The third-order valence-corrected chi connectivity index (χ3v) is 6.45. The van der Waals surface area contributed by atoms with Gasteiger partial charge < -0.3 is 4.74 Å². The zero-order valence-electron chi connectivity index (χ0n) is 12.4. The molecule has 2 aliphatic rings. The molecule has 7 heteroatoms. The van der Waals surface area contributed by atoms with E-state index < -0.39 is 10.2 Å². The van der Waals surface area contributed by atoms with E-state index >= 15 is 0 Å². The number of hydrogen-bond donors (Lipinski definition) is 1. The van der Waals surface area contributed by atoms with Crippen LogP contribution in [0.5, 0.6) is 0 Å². The van der Waals surface area contributed by atoms with Crippen molar-refractivity contribution in [2.45, 2.75) is 37.8 Å². The van der Waals surface area contributed by atoms with Gasteiger partial charge in [-0.3, -0.25) is 0 Å². The lowest BCUT2D eigenvalue weighted by Crippen LogP contribution is -2.49. The van der Waals surface area contributed by atoms with Crippen molar-refractivity contribution in [1.29, 1.82) is 0 Å². The quantitative estimate of drug-likeness (QED) is 0.861. The first kappa shape index (κ1) is 16.4. The van der Waals surface area contributed by atoms with Gasteiger partial charge in [-0.1, -0.05) is 40.9 Å². The summed E-state index contributed by atoms with van der Waals surface area (Å²) >= 11 is 3.40. The molecule has 0 aromatic heterocycles. The molecule has 1 unspecified atom stereocenters. The van der Waals surface area contributed by atoms with Crippen molar-refractivity contribution in [3.8, 4) is 0 Å². The Kier molecular flexibility index (Phi) is 5.19. The van der Waals surface area contributed by atoms with Crippen molar-refractivity contribution in [3.63, 3.8) is 0 Å². The summed E-state index contributed by atoms with van der Waals surface area (Å²) in [7, 11) is -3.42. The Morgan fingerprint density at radius 2 is 1.86 bits per heavy atom. The Morgan fingerprint density at radius 1 is 1.18 bits per heavy atom. The van der Waals surface area contributed by atoms with Gasteiger partial charge in [-0.05, 0) is 30.5 Å². The maximum absolute atomic E-state index is 12.5. The lowest BCUT2D eigenvalue weighted by molar-refractivity contribution is -0.00302. The second kappa shape index (κ2) is 6.97. The second-order valence-electron chi connectivity index (χ2n) is 5.87. The van der Waals surface area contributed by atoms with Gasteiger partial charge >= 0.3 is 0 Å². The lowest BCUT2D eigenvalue weighted by Gasteiger charge is -2.33. The molecule has 1 aliphatic heterocycles. The standard InChI is InChI=1S/C15H21BrN2O3S/c16-13-7-5-12(6-8-13)15-11-18(9-10-21-15)22(19,20)17-14-3-1-2-4-14/h5-8,14-15,17H,1-4,9-11H2. The first-order valence-electron chi connectivity index (χ1n) is 7.69. The van der Waals surface area contributed by atoms with Crippen LogP contribution < -0.4 is 4.72 Å². The van der Waals surface area contributed by atoms with Gasteiger partial charge in [0.2, 0.25) is 0 Å². The highest BCUT2D eigenvalue weighted by molar-refractivity contribution is 9.10. The highest BCUT2D eigenvalue weighted by atomic mass is 79.9. The number of morpholine rings is 1. The minimum Gasteiger partial charge on any atom is -0.371 e. The van der Waals surface area contributed by atoms with Crippen LogP contribution in [0.15, 0.2) is 28.7 Å². The predicted molar refractivity (Wildman–Crippen MR) is 88.7 cm³/mol. The summed E-state index contributed by atoms with van der Waals surface area (Å²) < 4.78 is 36.2. The topological polar surface area (TPSA) is 58.6 Å². The first-order chi connectivity index (χ1) is 10.5. The van der Waals surface area contributed by atoms with Gasteiger partial charge in [-0.25, -0.2) is 0 Å². The largest absolute Gasteiger partial charge is 0.371 e. The summed E-state index contributed by atoms with van der Waals surface area (Å²) in [6.45, 7) is 1.20. The van der Waals surface area contributed by atoms with E-state index in [1.165, 1.54) is 4.31 Å². The van der Waals surface area contributed by atoms with Crippen LogP contribution in [0, 0.1) is 0 Å². The van der Waals surface area contributed by atoms with Crippen molar-refractivity contribution in [2.24, 2.45) is 0 Å². The molecule has 1 aromatic carbocycles. The van der Waals surface area contributed by atoms with Crippen LogP contribution in [0.2, 0.25) is 0 Å². The van der Waals surface area contributed by atoms with E-state index in [2.05, 4.69) is 20.7 Å². The molecule has 1 N–H and O–H groups in total. The van der Waals surface area contributed by atoms with E-state index in [4.69, 9.17) is 4.74 Å². The molecule has 22 heavy (non-hydrogen) atoms. The second-order valence-corrected chi connectivity index (χ2v) is 8.49. The van der Waals surface area contributed by atoms with E-state index in [9.17, 15) is 8.42 Å². The van der Waals surface area contributed by atoms with Gasteiger partial charge in [0.15, 0.2) is 0 Å². The van der Waals surface area contributed by atoms with Gasteiger partial charge in [0, 0.05) is 23.6 Å². The van der Waals surface area contributed by atoms with Gasteiger partial charge in [-0.15, -0.1) is 0 Å². The Bertz CT molecular complexity index is 600. The summed E-state index contributed by atoms with van der Waals surface area (Å²) in [5, 5.41) is 0. The molecule has 1 saturated heterocycles. The molecule has 0 amide bonds. The maximum Gasteiger partial charge on any atom is 0.279 e. The van der Waals surface area contributed by atoms with Crippen LogP contribution in [0.1, 0.15) is 37.4 Å². The number of nitrogens with zero attached hydrogens (tertiary/aromatic N) is 1. The molecule has 1 heterocycles. The predicted octanol–water partition coefficient (Wildman–Crippen LogP) is 2.60. The van der Waals surface area contributed by atoms with E-state index in [0.717, 1.165) is 35.7 Å². The SMILES string of the molecule is O=S(=O)(NC1CCCC1)N1CCOC(c2ccc(Br)cc2)C1. The fourth-order valence-electron chi connectivity index (χ4n) is 3.05. The smallest absolute Gasteiger partial charge is 0.279 e. The Morgan fingerprint density at radius 3 is 2.55 bits per heavy atom. The van der Waals surface area contributed by atoms with E-state index in [1.54, 1.807) is 0 Å². The summed E-state index contributed by atoms with van der Waals surface area (Å²) in [6, 6.07) is 7.93. The molecule has 0 spiro atoms. The van der Waals surface area contributed by atoms with Crippen molar-refractivity contribution in [1.82, 2.24) is 9.03 Å². The summed E-state index contributed by atoms with van der Waals surface area (Å²) in [5.41, 5.74) is 1.00. The Labute approximate surface area is 140 Å². The molecule has 122 valence electrons. The molecular formula is C15H21BrN2O3S. The van der Waals surface area contributed by atoms with Crippen molar-refractivity contribution in [3.05, 3.63) is 34.3 Å². The summed E-state index contributed by atoms with van der Waals surface area (Å²) in [4.78, 5) is 0. The first-order valence-corrected chi connectivity index (χ1v) is 9.92. The van der Waals surface area contributed by atoms with Gasteiger partial charge in [0.1, 0.15) is 0 Å². The summed E-state index contributed by atoms with van der Waals surface area (Å²) in [6.07, 6.45) is 3.90. The third-order valence-electron chi connectivity index (χ3n) is 4.28. The van der Waals surface area contributed by atoms with E-state index in [1.807, 2.05) is 24.3 Å². The monoisotopic (exact) mass is 388 g/mol. The molecule has 5 nitrogen and oxygen atoms in total. The van der Waals surface area contributed by atoms with Crippen molar-refractivity contribution >= 4 is 26.1 Å². The Balaban J connectivity index is 1.67. The highest BCUT2D eigenvalue weighted by Gasteiger charge is 2.32. The van der Waals surface area contributed by atoms with Crippen molar-refractivity contribution < 1.29 is 13.2 Å². The number of benzene rings is 1. The molecule has 2 fully saturated rings. The van der Waals surface area contributed by atoms with Crippen LogP contribution >= 0.6 is 15.9 Å².